The van der Waals surface area contributed by atoms with E-state index in [9.17, 15) is 0 Å². The summed E-state index contributed by atoms with van der Waals surface area (Å²) in [7, 11) is 1.79. The zero-order chi connectivity index (χ0) is 13.9. The second-order valence-electron chi connectivity index (χ2n) is 6.00. The van der Waals surface area contributed by atoms with E-state index in [-0.39, 0.29) is 0 Å². The van der Waals surface area contributed by atoms with Crippen molar-refractivity contribution in [1.29, 1.82) is 0 Å². The number of hydrogen-bond acceptors (Lipinski definition) is 3. The maximum absolute atomic E-state index is 5.27. The molecule has 2 fully saturated rings. The van der Waals surface area contributed by atoms with Crippen LogP contribution in [-0.4, -0.2) is 32.8 Å². The molecule has 2 aliphatic rings. The van der Waals surface area contributed by atoms with E-state index in [4.69, 9.17) is 4.74 Å². The van der Waals surface area contributed by atoms with Gasteiger partial charge < -0.3 is 15.0 Å². The van der Waals surface area contributed by atoms with Gasteiger partial charge in [0.15, 0.2) is 0 Å². The van der Waals surface area contributed by atoms with Gasteiger partial charge in [0.05, 0.1) is 12.3 Å². The summed E-state index contributed by atoms with van der Waals surface area (Å²) in [4.78, 5) is 2.46. The second kappa shape index (κ2) is 6.46. The lowest BCUT2D eigenvalue weighted by Crippen LogP contribution is -2.21. The molecule has 1 aliphatic heterocycles. The standard InChI is InChI=1S/C16H23BrN2O/c1-20-11-13-6-7-19(10-13)16-5-2-12(8-15(16)17)9-18-14-3-4-14/h2,5,8,13-14,18H,3-4,6-7,9-11H2,1H3. The lowest BCUT2D eigenvalue weighted by molar-refractivity contribution is 0.161. The first-order valence-corrected chi connectivity index (χ1v) is 8.31. The number of anilines is 1. The summed E-state index contributed by atoms with van der Waals surface area (Å²) >= 11 is 3.74. The highest BCUT2D eigenvalue weighted by atomic mass is 79.9. The molecule has 3 rings (SSSR count). The third-order valence-corrected chi connectivity index (χ3v) is 4.85. The molecule has 0 aromatic heterocycles. The molecule has 1 heterocycles. The third kappa shape index (κ3) is 3.54. The Balaban J connectivity index is 1.61. The van der Waals surface area contributed by atoms with Crippen LogP contribution in [0.4, 0.5) is 5.69 Å². The smallest absolute Gasteiger partial charge is 0.0510 e. The molecule has 1 saturated carbocycles. The van der Waals surface area contributed by atoms with Crippen molar-refractivity contribution in [3.05, 3.63) is 28.2 Å². The highest BCUT2D eigenvalue weighted by Crippen LogP contribution is 2.32. The van der Waals surface area contributed by atoms with Crippen molar-refractivity contribution >= 4 is 21.6 Å². The van der Waals surface area contributed by atoms with Gasteiger partial charge in [0, 0.05) is 43.2 Å². The molecule has 1 saturated heterocycles. The number of rotatable bonds is 6. The van der Waals surface area contributed by atoms with E-state index in [1.54, 1.807) is 7.11 Å². The number of nitrogens with one attached hydrogen (secondary N) is 1. The lowest BCUT2D eigenvalue weighted by atomic mass is 10.1. The summed E-state index contributed by atoms with van der Waals surface area (Å²) < 4.78 is 6.49. The minimum absolute atomic E-state index is 0.670. The predicted molar refractivity (Wildman–Crippen MR) is 86.2 cm³/mol. The van der Waals surface area contributed by atoms with Crippen LogP contribution in [0.25, 0.3) is 0 Å². The van der Waals surface area contributed by atoms with E-state index >= 15 is 0 Å². The summed E-state index contributed by atoms with van der Waals surface area (Å²) in [6.45, 7) is 4.09. The Morgan fingerprint density at radius 3 is 2.90 bits per heavy atom. The first-order valence-electron chi connectivity index (χ1n) is 7.52. The molecule has 1 unspecified atom stereocenters. The van der Waals surface area contributed by atoms with E-state index in [0.29, 0.717) is 5.92 Å². The Morgan fingerprint density at radius 1 is 1.35 bits per heavy atom. The van der Waals surface area contributed by atoms with E-state index < -0.39 is 0 Å². The average molecular weight is 339 g/mol. The predicted octanol–water partition coefficient (Wildman–Crippen LogP) is 3.17. The molecule has 0 amide bonds. The molecular formula is C16H23BrN2O. The fraction of sp³-hybridized carbons (Fsp3) is 0.625. The zero-order valence-corrected chi connectivity index (χ0v) is 13.7. The van der Waals surface area contributed by atoms with Crippen LogP contribution in [-0.2, 0) is 11.3 Å². The molecule has 20 heavy (non-hydrogen) atoms. The Kier molecular flexibility index (Phi) is 4.64. The minimum atomic E-state index is 0.670. The largest absolute Gasteiger partial charge is 0.384 e. The summed E-state index contributed by atoms with van der Waals surface area (Å²) in [5.41, 5.74) is 2.68. The van der Waals surface area contributed by atoms with Crippen LogP contribution in [0.15, 0.2) is 22.7 Å². The SMILES string of the molecule is COCC1CCN(c2ccc(CNC3CC3)cc2Br)C1. The van der Waals surface area contributed by atoms with Gasteiger partial charge in [0.25, 0.3) is 0 Å². The summed E-state index contributed by atoms with van der Waals surface area (Å²) in [5.74, 6) is 0.670. The van der Waals surface area contributed by atoms with Crippen LogP contribution >= 0.6 is 15.9 Å². The Hall–Kier alpha value is -0.580. The highest BCUT2D eigenvalue weighted by Gasteiger charge is 2.24. The molecular weight excluding hydrogens is 316 g/mol. The van der Waals surface area contributed by atoms with Crippen molar-refractivity contribution in [2.24, 2.45) is 5.92 Å². The van der Waals surface area contributed by atoms with Gasteiger partial charge in [-0.3, -0.25) is 0 Å². The summed E-state index contributed by atoms with van der Waals surface area (Å²) in [5, 5.41) is 3.56. The summed E-state index contributed by atoms with van der Waals surface area (Å²) in [6.07, 6.45) is 3.91. The molecule has 0 bridgehead atoms. The van der Waals surface area contributed by atoms with Gasteiger partial charge in [-0.25, -0.2) is 0 Å². The zero-order valence-electron chi connectivity index (χ0n) is 12.1. The molecule has 1 aliphatic carbocycles. The van der Waals surface area contributed by atoms with E-state index in [1.165, 1.54) is 35.0 Å². The number of methoxy groups -OCH3 is 1. The van der Waals surface area contributed by atoms with Crippen molar-refractivity contribution < 1.29 is 4.74 Å². The normalized spacial score (nSPS) is 22.5. The fourth-order valence-electron chi connectivity index (χ4n) is 2.89. The maximum Gasteiger partial charge on any atom is 0.0510 e. The third-order valence-electron chi connectivity index (χ3n) is 4.21. The molecule has 3 nitrogen and oxygen atoms in total. The van der Waals surface area contributed by atoms with Gasteiger partial charge >= 0.3 is 0 Å². The van der Waals surface area contributed by atoms with Crippen molar-refractivity contribution in [3.8, 4) is 0 Å². The second-order valence-corrected chi connectivity index (χ2v) is 6.85. The van der Waals surface area contributed by atoms with Gasteiger partial charge in [-0.1, -0.05) is 6.07 Å². The van der Waals surface area contributed by atoms with E-state index in [1.807, 2.05) is 0 Å². The van der Waals surface area contributed by atoms with Gasteiger partial charge in [-0.05, 0) is 52.9 Å². The lowest BCUT2D eigenvalue weighted by Gasteiger charge is -2.21. The number of nitrogens with zero attached hydrogens (tertiary/aromatic N) is 1. The van der Waals surface area contributed by atoms with Crippen molar-refractivity contribution in [2.45, 2.75) is 31.8 Å². The average Bonchev–Trinajstić information content (AvgIpc) is 3.16. The Labute approximate surface area is 129 Å². The number of ether oxygens (including phenoxy) is 1. The molecule has 1 atom stereocenters. The molecule has 0 spiro atoms. The van der Waals surface area contributed by atoms with Crippen molar-refractivity contribution in [1.82, 2.24) is 5.32 Å². The van der Waals surface area contributed by atoms with Gasteiger partial charge in [-0.2, -0.15) is 0 Å². The van der Waals surface area contributed by atoms with Crippen LogP contribution < -0.4 is 10.2 Å². The van der Waals surface area contributed by atoms with Crippen LogP contribution in [0.2, 0.25) is 0 Å². The number of halogens is 1. The van der Waals surface area contributed by atoms with Crippen LogP contribution in [0.3, 0.4) is 0 Å². The monoisotopic (exact) mass is 338 g/mol. The van der Waals surface area contributed by atoms with Gasteiger partial charge in [-0.15, -0.1) is 0 Å². The van der Waals surface area contributed by atoms with Crippen LogP contribution in [0.5, 0.6) is 0 Å². The van der Waals surface area contributed by atoms with Crippen molar-refractivity contribution in [2.75, 3.05) is 31.7 Å². The highest BCUT2D eigenvalue weighted by molar-refractivity contribution is 9.10. The van der Waals surface area contributed by atoms with Crippen molar-refractivity contribution in [3.63, 3.8) is 0 Å². The Bertz CT molecular complexity index is 462. The molecule has 1 aromatic carbocycles. The van der Waals surface area contributed by atoms with Gasteiger partial charge in [0.2, 0.25) is 0 Å². The molecule has 110 valence electrons. The fourth-order valence-corrected chi connectivity index (χ4v) is 3.57. The summed E-state index contributed by atoms with van der Waals surface area (Å²) in [6, 6.07) is 7.53. The topological polar surface area (TPSA) is 24.5 Å². The quantitative estimate of drug-likeness (QED) is 0.862. The van der Waals surface area contributed by atoms with E-state index in [0.717, 1.165) is 32.3 Å². The maximum atomic E-state index is 5.27. The van der Waals surface area contributed by atoms with Crippen LogP contribution in [0.1, 0.15) is 24.8 Å². The molecule has 4 heteroatoms. The van der Waals surface area contributed by atoms with Crippen LogP contribution in [0, 0.1) is 5.92 Å². The first kappa shape index (κ1) is 14.4. The Morgan fingerprint density at radius 2 is 2.20 bits per heavy atom. The minimum Gasteiger partial charge on any atom is -0.384 e. The molecule has 1 N–H and O–H groups in total. The van der Waals surface area contributed by atoms with E-state index in [2.05, 4.69) is 44.3 Å². The molecule has 1 aromatic rings. The van der Waals surface area contributed by atoms with Gasteiger partial charge in [0.1, 0.15) is 0 Å². The molecule has 0 radical (unpaired) electrons. The number of benzene rings is 1. The number of hydrogen-bond donors (Lipinski definition) is 1. The first-order chi connectivity index (χ1) is 9.76.